The summed E-state index contributed by atoms with van der Waals surface area (Å²) in [5.74, 6) is -1.57. The van der Waals surface area contributed by atoms with Gasteiger partial charge in [0, 0.05) is 6.61 Å². The summed E-state index contributed by atoms with van der Waals surface area (Å²) in [6, 6.07) is -0.796. The third-order valence-corrected chi connectivity index (χ3v) is 1.89. The summed E-state index contributed by atoms with van der Waals surface area (Å²) >= 11 is 0. The van der Waals surface area contributed by atoms with Gasteiger partial charge in [-0.1, -0.05) is 0 Å². The van der Waals surface area contributed by atoms with E-state index in [9.17, 15) is 18.4 Å². The van der Waals surface area contributed by atoms with Crippen LogP contribution in [0.3, 0.4) is 0 Å². The molecule has 0 saturated heterocycles. The largest absolute Gasteiger partial charge is 0.449 e. The molecule has 0 rings (SSSR count). The molecule has 5 nitrogen and oxygen atoms in total. The summed E-state index contributed by atoms with van der Waals surface area (Å²) in [6.07, 6.45) is -4.33. The molecule has 0 aliphatic rings. The van der Waals surface area contributed by atoms with Crippen molar-refractivity contribution >= 4 is 12.0 Å². The summed E-state index contributed by atoms with van der Waals surface area (Å²) in [6.45, 7) is 5.05. The molecule has 1 unspecified atom stereocenters. The first-order chi connectivity index (χ1) is 7.95. The number of hydrogen-bond donors (Lipinski definition) is 0. The topological polar surface area (TPSA) is 55.8 Å². The quantitative estimate of drug-likeness (QED) is 0.722. The summed E-state index contributed by atoms with van der Waals surface area (Å²) in [7, 11) is 0. The second kappa shape index (κ2) is 7.94. The first-order valence-corrected chi connectivity index (χ1v) is 5.31. The number of rotatable bonds is 6. The minimum Gasteiger partial charge on any atom is -0.449 e. The standard InChI is InChI=1S/C10H17F2NO4/c1-4-16-6-7(3)13(9(14)8(11)12)10(15)17-5-2/h7-8H,4-6H2,1-3H3. The fourth-order valence-corrected chi connectivity index (χ4v) is 1.15. The number of hydrogen-bond acceptors (Lipinski definition) is 4. The van der Waals surface area contributed by atoms with E-state index < -0.39 is 24.5 Å². The molecule has 0 aromatic heterocycles. The van der Waals surface area contributed by atoms with Gasteiger partial charge in [-0.25, -0.2) is 9.69 Å². The molecule has 0 spiro atoms. The van der Waals surface area contributed by atoms with Gasteiger partial charge in [0.1, 0.15) is 0 Å². The Hall–Kier alpha value is -1.24. The van der Waals surface area contributed by atoms with Crippen LogP contribution in [0.25, 0.3) is 0 Å². The minimum atomic E-state index is -3.25. The Balaban J connectivity index is 4.71. The SMILES string of the molecule is CCOCC(C)N(C(=O)OCC)C(=O)C(F)F. The van der Waals surface area contributed by atoms with Crippen LogP contribution in [-0.2, 0) is 14.3 Å². The van der Waals surface area contributed by atoms with Crippen LogP contribution in [0.15, 0.2) is 0 Å². The molecule has 0 aliphatic heterocycles. The van der Waals surface area contributed by atoms with Crippen molar-refractivity contribution in [3.05, 3.63) is 0 Å². The Morgan fingerprint density at radius 3 is 2.24 bits per heavy atom. The first kappa shape index (κ1) is 15.8. The van der Waals surface area contributed by atoms with Gasteiger partial charge in [0.05, 0.1) is 19.3 Å². The Morgan fingerprint density at radius 2 is 1.82 bits per heavy atom. The molecule has 2 amide bonds. The van der Waals surface area contributed by atoms with Crippen LogP contribution in [-0.4, -0.2) is 49.2 Å². The average molecular weight is 253 g/mol. The Kier molecular flexibility index (Phi) is 7.36. The van der Waals surface area contributed by atoms with E-state index in [4.69, 9.17) is 4.74 Å². The van der Waals surface area contributed by atoms with Gasteiger partial charge in [0.2, 0.25) is 0 Å². The highest BCUT2D eigenvalue weighted by atomic mass is 19.3. The van der Waals surface area contributed by atoms with Crippen molar-refractivity contribution in [3.63, 3.8) is 0 Å². The maximum Gasteiger partial charge on any atom is 0.417 e. The van der Waals surface area contributed by atoms with Gasteiger partial charge >= 0.3 is 12.5 Å². The Labute approximate surface area is 98.7 Å². The van der Waals surface area contributed by atoms with Crippen molar-refractivity contribution in [3.8, 4) is 0 Å². The number of carbonyl (C=O) groups is 2. The fraction of sp³-hybridized carbons (Fsp3) is 0.800. The number of imide groups is 1. The molecule has 100 valence electrons. The molecule has 0 aliphatic carbocycles. The molecule has 0 radical (unpaired) electrons. The lowest BCUT2D eigenvalue weighted by Gasteiger charge is -2.25. The lowest BCUT2D eigenvalue weighted by atomic mass is 10.3. The first-order valence-electron chi connectivity index (χ1n) is 5.31. The average Bonchev–Trinajstić information content (AvgIpc) is 2.26. The highest BCUT2D eigenvalue weighted by Crippen LogP contribution is 2.09. The molecule has 0 N–H and O–H groups in total. The van der Waals surface area contributed by atoms with Crippen LogP contribution in [0.4, 0.5) is 13.6 Å². The lowest BCUT2D eigenvalue weighted by molar-refractivity contribution is -0.143. The van der Waals surface area contributed by atoms with Gasteiger partial charge in [-0.05, 0) is 20.8 Å². The molecule has 1 atom stereocenters. The van der Waals surface area contributed by atoms with E-state index in [-0.39, 0.29) is 13.2 Å². The molecule has 17 heavy (non-hydrogen) atoms. The van der Waals surface area contributed by atoms with Crippen molar-refractivity contribution in [1.29, 1.82) is 0 Å². The van der Waals surface area contributed by atoms with Crippen LogP contribution in [0, 0.1) is 0 Å². The monoisotopic (exact) mass is 253 g/mol. The van der Waals surface area contributed by atoms with Crippen LogP contribution in [0.2, 0.25) is 0 Å². The lowest BCUT2D eigenvalue weighted by Crippen LogP contribution is -2.48. The highest BCUT2D eigenvalue weighted by molar-refractivity contribution is 5.94. The highest BCUT2D eigenvalue weighted by Gasteiger charge is 2.33. The third-order valence-electron chi connectivity index (χ3n) is 1.89. The molecular weight excluding hydrogens is 236 g/mol. The Bertz CT molecular complexity index is 261. The fourth-order valence-electron chi connectivity index (χ4n) is 1.15. The summed E-state index contributed by atoms with van der Waals surface area (Å²) in [5, 5.41) is 0. The second-order valence-electron chi connectivity index (χ2n) is 3.22. The van der Waals surface area contributed by atoms with Gasteiger partial charge in [-0.15, -0.1) is 0 Å². The third kappa shape index (κ3) is 5.08. The van der Waals surface area contributed by atoms with E-state index in [0.717, 1.165) is 0 Å². The summed E-state index contributed by atoms with van der Waals surface area (Å²) in [5.41, 5.74) is 0. The molecule has 0 bridgehead atoms. The molecular formula is C10H17F2NO4. The molecule has 7 heteroatoms. The van der Waals surface area contributed by atoms with E-state index in [1.807, 2.05) is 0 Å². The van der Waals surface area contributed by atoms with E-state index in [1.54, 1.807) is 6.92 Å². The zero-order chi connectivity index (χ0) is 13.4. The molecule has 0 fully saturated rings. The molecule has 0 aromatic carbocycles. The molecule has 0 saturated carbocycles. The second-order valence-corrected chi connectivity index (χ2v) is 3.22. The molecule has 0 aromatic rings. The summed E-state index contributed by atoms with van der Waals surface area (Å²) in [4.78, 5) is 23.0. The van der Waals surface area contributed by atoms with E-state index in [2.05, 4.69) is 4.74 Å². The number of nitrogens with zero attached hydrogens (tertiary/aromatic N) is 1. The predicted molar refractivity (Wildman–Crippen MR) is 55.8 cm³/mol. The van der Waals surface area contributed by atoms with Gasteiger partial charge in [-0.3, -0.25) is 4.79 Å². The van der Waals surface area contributed by atoms with E-state index >= 15 is 0 Å². The smallest absolute Gasteiger partial charge is 0.417 e. The van der Waals surface area contributed by atoms with Crippen molar-refractivity contribution in [2.75, 3.05) is 19.8 Å². The van der Waals surface area contributed by atoms with E-state index in [1.165, 1.54) is 13.8 Å². The maximum atomic E-state index is 12.3. The van der Waals surface area contributed by atoms with Crippen molar-refractivity contribution in [2.24, 2.45) is 0 Å². The Morgan fingerprint density at radius 1 is 1.24 bits per heavy atom. The van der Waals surface area contributed by atoms with Gasteiger partial charge in [-0.2, -0.15) is 8.78 Å². The van der Waals surface area contributed by atoms with Gasteiger partial charge in [0.15, 0.2) is 0 Å². The van der Waals surface area contributed by atoms with Gasteiger partial charge < -0.3 is 9.47 Å². The minimum absolute atomic E-state index is 0.00618. The summed E-state index contributed by atoms with van der Waals surface area (Å²) < 4.78 is 34.2. The zero-order valence-corrected chi connectivity index (χ0v) is 10.1. The van der Waals surface area contributed by atoms with Crippen LogP contribution < -0.4 is 0 Å². The predicted octanol–water partition coefficient (Wildman–Crippen LogP) is 1.66. The number of ether oxygens (including phenoxy) is 2. The van der Waals surface area contributed by atoms with Crippen molar-refractivity contribution < 1.29 is 27.8 Å². The van der Waals surface area contributed by atoms with Crippen molar-refractivity contribution in [2.45, 2.75) is 33.2 Å². The zero-order valence-electron chi connectivity index (χ0n) is 10.1. The van der Waals surface area contributed by atoms with Gasteiger partial charge in [0.25, 0.3) is 5.91 Å². The van der Waals surface area contributed by atoms with E-state index in [0.29, 0.717) is 11.5 Å². The van der Waals surface area contributed by atoms with Crippen LogP contribution in [0.5, 0.6) is 0 Å². The van der Waals surface area contributed by atoms with Crippen LogP contribution >= 0.6 is 0 Å². The normalized spacial score (nSPS) is 12.4. The van der Waals surface area contributed by atoms with Crippen LogP contribution in [0.1, 0.15) is 20.8 Å². The number of amides is 2. The number of alkyl halides is 2. The van der Waals surface area contributed by atoms with Crippen molar-refractivity contribution in [1.82, 2.24) is 4.90 Å². The number of carbonyl (C=O) groups excluding carboxylic acids is 2. The maximum absolute atomic E-state index is 12.3. The number of halogens is 2. The molecule has 0 heterocycles.